The van der Waals surface area contributed by atoms with Crippen LogP contribution in [0.3, 0.4) is 0 Å². The summed E-state index contributed by atoms with van der Waals surface area (Å²) in [5.74, 6) is 2.47. The van der Waals surface area contributed by atoms with Crippen LogP contribution in [-0.2, 0) is 0 Å². The topological polar surface area (TPSA) is 66.7 Å². The Morgan fingerprint density at radius 1 is 1.04 bits per heavy atom. The summed E-state index contributed by atoms with van der Waals surface area (Å²) in [7, 11) is 0. The molecular weight excluding hydrogens is 350 g/mol. The van der Waals surface area contributed by atoms with Gasteiger partial charge in [0.1, 0.15) is 5.75 Å². The third kappa shape index (κ3) is 4.31. The van der Waals surface area contributed by atoms with Crippen molar-refractivity contribution in [3.8, 4) is 11.6 Å². The highest BCUT2D eigenvalue weighted by Gasteiger charge is 2.18. The lowest BCUT2D eigenvalue weighted by atomic mass is 9.88. The van der Waals surface area contributed by atoms with E-state index in [-0.39, 0.29) is 6.04 Å². The van der Waals surface area contributed by atoms with Crippen LogP contribution < -0.4 is 10.2 Å². The molecule has 2 aromatic carbocycles. The highest BCUT2D eigenvalue weighted by atomic mass is 16.5. The van der Waals surface area contributed by atoms with Gasteiger partial charge in [-0.15, -0.1) is 0 Å². The molecule has 4 rings (SSSR count). The van der Waals surface area contributed by atoms with Crippen molar-refractivity contribution in [1.82, 2.24) is 10.5 Å². The maximum absolute atomic E-state index is 9.53. The Balaban J connectivity index is 1.47. The number of aromatic nitrogens is 1. The maximum atomic E-state index is 9.53. The van der Waals surface area contributed by atoms with Crippen molar-refractivity contribution >= 4 is 16.6 Å². The van der Waals surface area contributed by atoms with Gasteiger partial charge in [-0.3, -0.25) is 15.7 Å². The number of amidine groups is 1. The summed E-state index contributed by atoms with van der Waals surface area (Å²) in [4.78, 5) is 9.06. The number of hydrogen-bond acceptors (Lipinski definition) is 4. The molecule has 0 unspecified atom stereocenters. The van der Waals surface area contributed by atoms with Crippen molar-refractivity contribution < 1.29 is 9.94 Å². The number of hydrogen-bond donors (Lipinski definition) is 2. The van der Waals surface area contributed by atoms with Gasteiger partial charge in [0, 0.05) is 17.8 Å². The molecule has 5 nitrogen and oxygen atoms in total. The molecule has 1 aromatic heterocycles. The number of fused-ring (bicyclic) bond motifs is 1. The first kappa shape index (κ1) is 18.4. The molecule has 0 aliphatic heterocycles. The minimum absolute atomic E-state index is 0.249. The van der Waals surface area contributed by atoms with Crippen molar-refractivity contribution in [2.75, 3.05) is 0 Å². The molecule has 0 saturated heterocycles. The Labute approximate surface area is 165 Å². The van der Waals surface area contributed by atoms with Crippen LogP contribution in [0.2, 0.25) is 0 Å². The third-order valence-electron chi connectivity index (χ3n) is 5.36. The zero-order chi connectivity index (χ0) is 19.3. The molecule has 0 atom stereocenters. The first-order chi connectivity index (χ1) is 13.7. The summed E-state index contributed by atoms with van der Waals surface area (Å²) >= 11 is 0. The number of aliphatic imine (C=N–C) groups is 1. The largest absolute Gasteiger partial charge is 0.439 e. The van der Waals surface area contributed by atoms with Crippen molar-refractivity contribution in [2.45, 2.75) is 38.6 Å². The average molecular weight is 375 g/mol. The number of nitrogens with one attached hydrogen (secondary N) is 1. The molecule has 3 aromatic rings. The van der Waals surface area contributed by atoms with Crippen molar-refractivity contribution in [3.05, 3.63) is 66.4 Å². The summed E-state index contributed by atoms with van der Waals surface area (Å²) < 4.78 is 5.88. The molecule has 0 radical (unpaired) electrons. The number of rotatable bonds is 4. The molecule has 1 fully saturated rings. The Kier molecular flexibility index (Phi) is 5.53. The smallest absolute Gasteiger partial charge is 0.219 e. The predicted octanol–water partition coefficient (Wildman–Crippen LogP) is 5.33. The fourth-order valence-corrected chi connectivity index (χ4v) is 3.65. The molecule has 144 valence electrons. The first-order valence-corrected chi connectivity index (χ1v) is 9.82. The first-order valence-electron chi connectivity index (χ1n) is 9.82. The van der Waals surface area contributed by atoms with Gasteiger partial charge >= 0.3 is 0 Å². The molecule has 0 bridgehead atoms. The van der Waals surface area contributed by atoms with Crippen LogP contribution in [-0.4, -0.2) is 22.1 Å². The minimum Gasteiger partial charge on any atom is -0.439 e. The molecule has 1 aliphatic rings. The van der Waals surface area contributed by atoms with E-state index >= 15 is 0 Å². The highest BCUT2D eigenvalue weighted by Crippen LogP contribution is 2.27. The Morgan fingerprint density at radius 2 is 1.82 bits per heavy atom. The Morgan fingerprint density at radius 3 is 2.54 bits per heavy atom. The van der Waals surface area contributed by atoms with E-state index in [2.05, 4.69) is 34.5 Å². The maximum Gasteiger partial charge on any atom is 0.219 e. The summed E-state index contributed by atoms with van der Waals surface area (Å²) in [6, 6.07) is 18.0. The molecule has 5 heteroatoms. The molecule has 0 spiro atoms. The van der Waals surface area contributed by atoms with Crippen LogP contribution in [0.15, 0.2) is 65.8 Å². The lowest BCUT2D eigenvalue weighted by molar-refractivity contribution is 0.233. The van der Waals surface area contributed by atoms with E-state index in [1.54, 1.807) is 12.3 Å². The van der Waals surface area contributed by atoms with Gasteiger partial charge in [-0.2, -0.15) is 0 Å². The van der Waals surface area contributed by atoms with Crippen LogP contribution in [0, 0.1) is 5.92 Å². The third-order valence-corrected chi connectivity index (χ3v) is 5.36. The van der Waals surface area contributed by atoms with E-state index in [1.807, 2.05) is 36.4 Å². The molecule has 1 heterocycles. The molecule has 2 N–H and O–H groups in total. The van der Waals surface area contributed by atoms with E-state index in [0.29, 0.717) is 11.7 Å². The molecular formula is C23H25N3O2. The van der Waals surface area contributed by atoms with Crippen LogP contribution in [0.25, 0.3) is 10.8 Å². The Hall–Kier alpha value is -2.92. The summed E-state index contributed by atoms with van der Waals surface area (Å²) in [6.07, 6.45) is 6.16. The summed E-state index contributed by atoms with van der Waals surface area (Å²) in [5.41, 5.74) is 2.98. The standard InChI is InChI=1S/C23H25N3O2/c1-16-6-10-20(11-7-16)25-23(26-27)19-9-13-22(24-15-19)28-21-12-8-17-4-2-3-5-18(17)14-21/h2-5,8-9,12-16,20,27H,6-7,10-11H2,1H3,(H,25,26). The van der Waals surface area contributed by atoms with Crippen molar-refractivity contribution in [3.63, 3.8) is 0 Å². The predicted molar refractivity (Wildman–Crippen MR) is 111 cm³/mol. The number of nitrogens with zero attached hydrogens (tertiary/aromatic N) is 2. The number of benzene rings is 2. The zero-order valence-corrected chi connectivity index (χ0v) is 16.0. The van der Waals surface area contributed by atoms with Crippen molar-refractivity contribution in [2.24, 2.45) is 10.9 Å². The quantitative estimate of drug-likeness (QED) is 0.367. The second-order valence-electron chi connectivity index (χ2n) is 7.50. The van der Waals surface area contributed by atoms with Crippen LogP contribution in [0.1, 0.15) is 38.2 Å². The summed E-state index contributed by atoms with van der Waals surface area (Å²) in [5, 5.41) is 11.8. The fourth-order valence-electron chi connectivity index (χ4n) is 3.65. The van der Waals surface area contributed by atoms with Crippen LogP contribution in [0.5, 0.6) is 11.6 Å². The zero-order valence-electron chi connectivity index (χ0n) is 16.0. The number of hydroxylamine groups is 1. The van der Waals surface area contributed by atoms with Gasteiger partial charge in [-0.1, -0.05) is 37.3 Å². The van der Waals surface area contributed by atoms with Crippen molar-refractivity contribution in [1.29, 1.82) is 0 Å². The second kappa shape index (κ2) is 8.40. The summed E-state index contributed by atoms with van der Waals surface area (Å²) in [6.45, 7) is 2.28. The van der Waals surface area contributed by atoms with Crippen LogP contribution >= 0.6 is 0 Å². The van der Waals surface area contributed by atoms with Gasteiger partial charge in [0.25, 0.3) is 0 Å². The van der Waals surface area contributed by atoms with Gasteiger partial charge in [0.2, 0.25) is 5.88 Å². The number of ether oxygens (including phenoxy) is 1. The normalized spacial score (nSPS) is 20.1. The Bertz CT molecular complexity index is 961. The van der Waals surface area contributed by atoms with Gasteiger partial charge in [0.05, 0.1) is 6.04 Å². The van der Waals surface area contributed by atoms with E-state index in [4.69, 9.17) is 4.74 Å². The van der Waals surface area contributed by atoms with Gasteiger partial charge in [0.15, 0.2) is 5.84 Å². The molecule has 1 aliphatic carbocycles. The lowest BCUT2D eigenvalue weighted by Crippen LogP contribution is -2.25. The SMILES string of the molecule is CC1CCC(N=C(NO)c2ccc(Oc3ccc4ccccc4c3)nc2)CC1. The number of pyridine rings is 1. The molecule has 1 saturated carbocycles. The minimum atomic E-state index is 0.249. The molecule has 28 heavy (non-hydrogen) atoms. The highest BCUT2D eigenvalue weighted by molar-refractivity contribution is 5.97. The van der Waals surface area contributed by atoms with Crippen LogP contribution in [0.4, 0.5) is 0 Å². The molecule has 0 amide bonds. The second-order valence-corrected chi connectivity index (χ2v) is 7.50. The van der Waals surface area contributed by atoms with E-state index in [0.717, 1.165) is 35.5 Å². The lowest BCUT2D eigenvalue weighted by Gasteiger charge is -2.23. The van der Waals surface area contributed by atoms with E-state index in [9.17, 15) is 5.21 Å². The van der Waals surface area contributed by atoms with Gasteiger partial charge in [-0.05, 0) is 60.6 Å². The fraction of sp³-hybridized carbons (Fsp3) is 0.304. The monoisotopic (exact) mass is 375 g/mol. The average Bonchev–Trinajstić information content (AvgIpc) is 2.74. The van der Waals surface area contributed by atoms with Gasteiger partial charge in [-0.25, -0.2) is 4.98 Å². The van der Waals surface area contributed by atoms with E-state index < -0.39 is 0 Å². The van der Waals surface area contributed by atoms with E-state index in [1.165, 1.54) is 18.2 Å². The van der Waals surface area contributed by atoms with Gasteiger partial charge < -0.3 is 4.74 Å².